The van der Waals surface area contributed by atoms with Gasteiger partial charge in [-0.25, -0.2) is 0 Å². The van der Waals surface area contributed by atoms with Crippen molar-refractivity contribution in [3.05, 3.63) is 0 Å². The van der Waals surface area contributed by atoms with Gasteiger partial charge in [0, 0.05) is 0 Å². The molecular formula is C15H29NO3. The highest BCUT2D eigenvalue weighted by atomic mass is 16.6. The number of ether oxygens (including phenoxy) is 3. The molecule has 2 aliphatic rings. The van der Waals surface area contributed by atoms with E-state index in [1.807, 2.05) is 0 Å². The largest absolute Gasteiger partial charge is 0.375 e. The molecule has 2 heterocycles. The summed E-state index contributed by atoms with van der Waals surface area (Å²) in [6.07, 6.45) is 2.55. The van der Waals surface area contributed by atoms with Crippen molar-refractivity contribution < 1.29 is 14.2 Å². The van der Waals surface area contributed by atoms with E-state index in [-0.39, 0.29) is 11.1 Å². The molecule has 2 fully saturated rings. The fourth-order valence-electron chi connectivity index (χ4n) is 2.60. The van der Waals surface area contributed by atoms with Crippen molar-refractivity contribution in [2.75, 3.05) is 33.0 Å². The lowest BCUT2D eigenvalue weighted by Gasteiger charge is -2.48. The van der Waals surface area contributed by atoms with E-state index in [0.29, 0.717) is 12.0 Å². The molecule has 0 saturated carbocycles. The molecule has 4 nitrogen and oxygen atoms in total. The first kappa shape index (κ1) is 15.2. The van der Waals surface area contributed by atoms with Crippen LogP contribution in [-0.2, 0) is 14.2 Å². The van der Waals surface area contributed by atoms with Gasteiger partial charge in [-0.3, -0.25) is 0 Å². The molecule has 2 rings (SSSR count). The molecule has 19 heavy (non-hydrogen) atoms. The Morgan fingerprint density at radius 1 is 1.32 bits per heavy atom. The van der Waals surface area contributed by atoms with Crippen LogP contribution >= 0.6 is 0 Å². The van der Waals surface area contributed by atoms with Crippen molar-refractivity contribution in [3.63, 3.8) is 0 Å². The average Bonchev–Trinajstić information content (AvgIpc) is 2.36. The monoisotopic (exact) mass is 271 g/mol. The molecular weight excluding hydrogens is 242 g/mol. The molecule has 2 saturated heterocycles. The van der Waals surface area contributed by atoms with Gasteiger partial charge >= 0.3 is 0 Å². The highest BCUT2D eigenvalue weighted by molar-refractivity contribution is 4.99. The first-order valence-corrected chi connectivity index (χ1v) is 7.56. The third kappa shape index (κ3) is 3.69. The zero-order valence-corrected chi connectivity index (χ0v) is 12.8. The summed E-state index contributed by atoms with van der Waals surface area (Å²) in [6, 6.07) is 0. The van der Waals surface area contributed by atoms with Gasteiger partial charge in [0.05, 0.1) is 38.1 Å². The van der Waals surface area contributed by atoms with Gasteiger partial charge < -0.3 is 19.5 Å². The average molecular weight is 271 g/mol. The highest BCUT2D eigenvalue weighted by Gasteiger charge is 2.44. The van der Waals surface area contributed by atoms with Gasteiger partial charge in [-0.05, 0) is 39.2 Å². The van der Waals surface area contributed by atoms with E-state index in [4.69, 9.17) is 14.2 Å². The van der Waals surface area contributed by atoms with Gasteiger partial charge in [0.2, 0.25) is 0 Å². The van der Waals surface area contributed by atoms with Crippen LogP contribution in [0.1, 0.15) is 40.5 Å². The highest BCUT2D eigenvalue weighted by Crippen LogP contribution is 2.31. The first-order chi connectivity index (χ1) is 8.97. The summed E-state index contributed by atoms with van der Waals surface area (Å²) in [6.45, 7) is 13.0. The smallest absolute Gasteiger partial charge is 0.112 e. The van der Waals surface area contributed by atoms with Gasteiger partial charge in [-0.2, -0.15) is 0 Å². The number of hydrogen-bond donors (Lipinski definition) is 1. The molecule has 0 amide bonds. The minimum absolute atomic E-state index is 0.0432. The molecule has 112 valence electrons. The summed E-state index contributed by atoms with van der Waals surface area (Å²) in [5, 5.41) is 3.61. The summed E-state index contributed by atoms with van der Waals surface area (Å²) >= 11 is 0. The fraction of sp³-hybridized carbons (Fsp3) is 1.00. The maximum Gasteiger partial charge on any atom is 0.112 e. The number of nitrogens with one attached hydrogen (secondary N) is 1. The van der Waals surface area contributed by atoms with Crippen LogP contribution in [0.3, 0.4) is 0 Å². The predicted molar refractivity (Wildman–Crippen MR) is 75.4 cm³/mol. The summed E-state index contributed by atoms with van der Waals surface area (Å²) in [4.78, 5) is 0. The van der Waals surface area contributed by atoms with Crippen LogP contribution in [0.25, 0.3) is 0 Å². The van der Waals surface area contributed by atoms with Crippen molar-refractivity contribution >= 4 is 0 Å². The number of hydrogen-bond acceptors (Lipinski definition) is 4. The standard InChI is InChI=1S/C15H29NO3/c1-5-6-16-15(4)11-18-13(15)7-12(2)8-19-14(3)9-17-10-14/h12-13,16H,5-11H2,1-4H3. The van der Waals surface area contributed by atoms with Crippen molar-refractivity contribution in [3.8, 4) is 0 Å². The summed E-state index contributed by atoms with van der Waals surface area (Å²) in [5.41, 5.74) is 0.117. The molecule has 0 aromatic heterocycles. The predicted octanol–water partition coefficient (Wildman–Crippen LogP) is 1.98. The minimum atomic E-state index is -0.0432. The van der Waals surface area contributed by atoms with E-state index in [1.165, 1.54) is 6.42 Å². The van der Waals surface area contributed by atoms with Crippen LogP contribution in [0.4, 0.5) is 0 Å². The zero-order valence-electron chi connectivity index (χ0n) is 12.8. The Kier molecular flexibility index (Phi) is 4.88. The second-order valence-electron chi connectivity index (χ2n) is 6.74. The first-order valence-electron chi connectivity index (χ1n) is 7.56. The zero-order chi connectivity index (χ0) is 13.9. The Morgan fingerprint density at radius 2 is 2.05 bits per heavy atom. The molecule has 0 aromatic carbocycles. The molecule has 0 bridgehead atoms. The third-order valence-electron chi connectivity index (χ3n) is 4.22. The van der Waals surface area contributed by atoms with Crippen LogP contribution in [0.5, 0.6) is 0 Å². The van der Waals surface area contributed by atoms with Gasteiger partial charge in [0.25, 0.3) is 0 Å². The second-order valence-corrected chi connectivity index (χ2v) is 6.74. The van der Waals surface area contributed by atoms with E-state index in [0.717, 1.165) is 39.4 Å². The van der Waals surface area contributed by atoms with E-state index in [9.17, 15) is 0 Å². The second kappa shape index (κ2) is 6.08. The van der Waals surface area contributed by atoms with Gasteiger partial charge in [0.15, 0.2) is 0 Å². The maximum absolute atomic E-state index is 5.95. The summed E-state index contributed by atoms with van der Waals surface area (Å²) in [7, 11) is 0. The lowest BCUT2D eigenvalue weighted by Crippen LogP contribution is -2.65. The van der Waals surface area contributed by atoms with E-state index < -0.39 is 0 Å². The van der Waals surface area contributed by atoms with Crippen molar-refractivity contribution in [1.29, 1.82) is 0 Å². The molecule has 1 N–H and O–H groups in total. The minimum Gasteiger partial charge on any atom is -0.375 e. The lowest BCUT2D eigenvalue weighted by atomic mass is 9.84. The quantitative estimate of drug-likeness (QED) is 0.733. The van der Waals surface area contributed by atoms with Crippen molar-refractivity contribution in [1.82, 2.24) is 5.32 Å². The van der Waals surface area contributed by atoms with Crippen LogP contribution in [0, 0.1) is 5.92 Å². The number of rotatable bonds is 8. The molecule has 0 spiro atoms. The molecule has 0 radical (unpaired) electrons. The van der Waals surface area contributed by atoms with Crippen LogP contribution < -0.4 is 5.32 Å². The van der Waals surface area contributed by atoms with Crippen LogP contribution in [-0.4, -0.2) is 50.2 Å². The van der Waals surface area contributed by atoms with Crippen LogP contribution in [0.2, 0.25) is 0 Å². The van der Waals surface area contributed by atoms with Gasteiger partial charge in [-0.1, -0.05) is 13.8 Å². The maximum atomic E-state index is 5.95. The molecule has 3 atom stereocenters. The van der Waals surface area contributed by atoms with E-state index in [2.05, 4.69) is 33.0 Å². The molecule has 2 aliphatic heterocycles. The Bertz CT molecular complexity index is 293. The van der Waals surface area contributed by atoms with E-state index >= 15 is 0 Å². The fourth-order valence-corrected chi connectivity index (χ4v) is 2.60. The molecule has 4 heteroatoms. The molecule has 0 aliphatic carbocycles. The van der Waals surface area contributed by atoms with E-state index in [1.54, 1.807) is 0 Å². The Hall–Kier alpha value is -0.160. The van der Waals surface area contributed by atoms with Crippen molar-refractivity contribution in [2.45, 2.75) is 57.8 Å². The Balaban J connectivity index is 1.68. The Morgan fingerprint density at radius 3 is 2.53 bits per heavy atom. The lowest BCUT2D eigenvalue weighted by molar-refractivity contribution is -0.208. The molecule has 3 unspecified atom stereocenters. The summed E-state index contributed by atoms with van der Waals surface area (Å²) < 4.78 is 16.9. The van der Waals surface area contributed by atoms with Gasteiger partial charge in [-0.15, -0.1) is 0 Å². The van der Waals surface area contributed by atoms with Crippen molar-refractivity contribution in [2.24, 2.45) is 5.92 Å². The third-order valence-corrected chi connectivity index (χ3v) is 4.22. The summed E-state index contributed by atoms with van der Waals surface area (Å²) in [5.74, 6) is 0.519. The Labute approximate surface area is 117 Å². The molecule has 0 aromatic rings. The SMILES string of the molecule is CCCNC1(C)COC1CC(C)COC1(C)COC1. The van der Waals surface area contributed by atoms with Crippen LogP contribution in [0.15, 0.2) is 0 Å². The topological polar surface area (TPSA) is 39.7 Å². The van der Waals surface area contributed by atoms with Gasteiger partial charge in [0.1, 0.15) is 5.60 Å². The normalized spacial score (nSPS) is 34.4.